The minimum absolute atomic E-state index is 0.308. The quantitative estimate of drug-likeness (QED) is 0.522. The van der Waals surface area contributed by atoms with Crippen molar-refractivity contribution in [3.63, 3.8) is 0 Å². The lowest BCUT2D eigenvalue weighted by Crippen LogP contribution is -2.58. The number of carboxylic acids is 2. The molecule has 2 aromatic rings. The molecule has 0 amide bonds. The van der Waals surface area contributed by atoms with Crippen molar-refractivity contribution < 1.29 is 30.0 Å². The van der Waals surface area contributed by atoms with Gasteiger partial charge in [-0.1, -0.05) is 30.3 Å². The molecule has 2 rings (SSSR count). The fourth-order valence-corrected chi connectivity index (χ4v) is 2.48. The average Bonchev–Trinajstić information content (AvgIpc) is 2.80. The molecule has 23 heavy (non-hydrogen) atoms. The van der Waals surface area contributed by atoms with Crippen LogP contribution in [0.25, 0.3) is 0 Å². The molecule has 122 valence electrons. The van der Waals surface area contributed by atoms with E-state index >= 15 is 0 Å². The molecular weight excluding hydrogens is 304 g/mol. The summed E-state index contributed by atoms with van der Waals surface area (Å²) in [6.45, 7) is 0. The lowest BCUT2D eigenvalue weighted by atomic mass is 9.84. The van der Waals surface area contributed by atoms with Crippen LogP contribution in [0.4, 0.5) is 0 Å². The van der Waals surface area contributed by atoms with E-state index in [4.69, 9.17) is 5.73 Å². The van der Waals surface area contributed by atoms with E-state index in [-0.39, 0.29) is 6.42 Å². The van der Waals surface area contributed by atoms with E-state index in [9.17, 15) is 30.0 Å². The molecule has 8 heteroatoms. The first-order chi connectivity index (χ1) is 10.8. The van der Waals surface area contributed by atoms with Crippen molar-refractivity contribution >= 4 is 11.9 Å². The van der Waals surface area contributed by atoms with Gasteiger partial charge in [0.25, 0.3) is 0 Å². The number of aromatic nitrogens is 1. The van der Waals surface area contributed by atoms with Crippen LogP contribution in [-0.2, 0) is 16.0 Å². The van der Waals surface area contributed by atoms with Gasteiger partial charge < -0.3 is 26.2 Å². The number of rotatable bonds is 6. The van der Waals surface area contributed by atoms with Gasteiger partial charge in [0.15, 0.2) is 23.3 Å². The van der Waals surface area contributed by atoms with Crippen LogP contribution >= 0.6 is 0 Å². The molecule has 6 N–H and O–H groups in total. The highest BCUT2D eigenvalue weighted by Gasteiger charge is 2.49. The van der Waals surface area contributed by atoms with Gasteiger partial charge in [-0.25, -0.2) is 4.79 Å². The van der Waals surface area contributed by atoms with E-state index in [1.807, 2.05) is 0 Å². The van der Waals surface area contributed by atoms with Crippen molar-refractivity contribution in [3.8, 4) is 11.8 Å². The molecule has 1 unspecified atom stereocenters. The monoisotopic (exact) mass is 320 g/mol. The van der Waals surface area contributed by atoms with Gasteiger partial charge in [-0.15, -0.1) is 0 Å². The number of aromatic hydroxyl groups is 2. The lowest BCUT2D eigenvalue weighted by molar-refractivity contribution is -0.154. The van der Waals surface area contributed by atoms with Gasteiger partial charge >= 0.3 is 11.9 Å². The van der Waals surface area contributed by atoms with Gasteiger partial charge in [0.1, 0.15) is 0 Å². The molecule has 1 aromatic heterocycles. The Hall–Kier alpha value is -3.00. The summed E-state index contributed by atoms with van der Waals surface area (Å²) in [5.74, 6) is -4.35. The van der Waals surface area contributed by atoms with E-state index < -0.39 is 35.3 Å². The number of nitrogens with zero attached hydrogens (tertiary/aromatic N) is 1. The van der Waals surface area contributed by atoms with Gasteiger partial charge in [-0.05, 0) is 5.56 Å². The summed E-state index contributed by atoms with van der Waals surface area (Å²) in [6.07, 6.45) is -0.308. The Morgan fingerprint density at radius 3 is 2.00 bits per heavy atom. The summed E-state index contributed by atoms with van der Waals surface area (Å²) in [5, 5.41) is 38.5. The molecule has 0 aliphatic carbocycles. The maximum atomic E-state index is 11.7. The molecule has 0 saturated heterocycles. The Bertz CT molecular complexity index is 707. The van der Waals surface area contributed by atoms with E-state index in [1.165, 1.54) is 0 Å². The highest BCUT2D eigenvalue weighted by Crippen LogP contribution is 2.34. The number of nitrogens with two attached hydrogens (primary N) is 1. The Balaban J connectivity index is 2.56. The summed E-state index contributed by atoms with van der Waals surface area (Å²) >= 11 is 0. The summed E-state index contributed by atoms with van der Waals surface area (Å²) < 4.78 is 0.583. The van der Waals surface area contributed by atoms with E-state index in [0.717, 1.165) is 12.1 Å². The Morgan fingerprint density at radius 2 is 1.57 bits per heavy atom. The fourth-order valence-electron chi connectivity index (χ4n) is 2.48. The third kappa shape index (κ3) is 2.97. The second-order valence-corrected chi connectivity index (χ2v) is 5.17. The standard InChI is InChI=1S/C15H16N2O6/c16-15(14(22)23,8-9-4-2-1-3-5-9)12(13(20)21)17-10(18)6-7-11(17)19/h1-7,12,18-19H,8,16H2,(H,20,21)(H,22,23)/t12?,15-/m0/s1. The number of aliphatic carboxylic acids is 2. The Labute approximate surface area is 131 Å². The highest BCUT2D eigenvalue weighted by atomic mass is 16.4. The minimum atomic E-state index is -2.29. The highest BCUT2D eigenvalue weighted by molar-refractivity contribution is 5.88. The number of hydrogen-bond donors (Lipinski definition) is 5. The van der Waals surface area contributed by atoms with Gasteiger partial charge in [-0.3, -0.25) is 9.36 Å². The fraction of sp³-hybridized carbons (Fsp3) is 0.200. The van der Waals surface area contributed by atoms with Gasteiger partial charge in [0, 0.05) is 18.6 Å². The molecule has 0 fully saturated rings. The second-order valence-electron chi connectivity index (χ2n) is 5.17. The molecule has 1 aromatic carbocycles. The Kier molecular flexibility index (Phi) is 4.28. The molecule has 0 bridgehead atoms. The number of hydrogen-bond acceptors (Lipinski definition) is 5. The topological polar surface area (TPSA) is 146 Å². The summed E-state index contributed by atoms with van der Waals surface area (Å²) in [6, 6.07) is 8.47. The molecule has 0 aliphatic rings. The van der Waals surface area contributed by atoms with Gasteiger partial charge in [0.2, 0.25) is 0 Å². The van der Waals surface area contributed by atoms with Crippen molar-refractivity contribution in [2.75, 3.05) is 0 Å². The molecule has 0 radical (unpaired) electrons. The third-order valence-corrected chi connectivity index (χ3v) is 3.59. The first kappa shape index (κ1) is 16.4. The van der Waals surface area contributed by atoms with Crippen LogP contribution in [0.5, 0.6) is 11.8 Å². The predicted octanol–water partition coefficient (Wildman–Crippen LogP) is 0.550. The van der Waals surface area contributed by atoms with Gasteiger partial charge in [-0.2, -0.15) is 0 Å². The summed E-state index contributed by atoms with van der Waals surface area (Å²) in [5.41, 5.74) is 4.14. The largest absolute Gasteiger partial charge is 0.494 e. The van der Waals surface area contributed by atoms with Crippen LogP contribution in [0, 0.1) is 0 Å². The number of carbonyl (C=O) groups is 2. The minimum Gasteiger partial charge on any atom is -0.494 e. The van der Waals surface area contributed by atoms with E-state index in [2.05, 4.69) is 0 Å². The smallest absolute Gasteiger partial charge is 0.329 e. The molecule has 0 aliphatic heterocycles. The molecule has 0 spiro atoms. The molecule has 2 atom stereocenters. The van der Waals surface area contributed by atoms with Crippen LogP contribution in [-0.4, -0.2) is 42.5 Å². The van der Waals surface area contributed by atoms with Crippen LogP contribution in [0.2, 0.25) is 0 Å². The van der Waals surface area contributed by atoms with Crippen molar-refractivity contribution in [2.45, 2.75) is 18.0 Å². The van der Waals surface area contributed by atoms with Crippen LogP contribution in [0.3, 0.4) is 0 Å². The van der Waals surface area contributed by atoms with Crippen molar-refractivity contribution in [2.24, 2.45) is 5.73 Å². The van der Waals surface area contributed by atoms with Crippen molar-refractivity contribution in [1.82, 2.24) is 4.57 Å². The normalized spacial score (nSPS) is 14.8. The molecular formula is C15H16N2O6. The molecule has 1 heterocycles. The van der Waals surface area contributed by atoms with E-state index in [1.54, 1.807) is 30.3 Å². The Morgan fingerprint density at radius 1 is 1.04 bits per heavy atom. The first-order valence-electron chi connectivity index (χ1n) is 6.65. The lowest BCUT2D eigenvalue weighted by Gasteiger charge is -2.32. The first-order valence-corrected chi connectivity index (χ1v) is 6.65. The summed E-state index contributed by atoms with van der Waals surface area (Å²) in [4.78, 5) is 23.4. The molecule has 8 nitrogen and oxygen atoms in total. The number of carboxylic acid groups (broad SMARTS) is 2. The molecule has 0 saturated carbocycles. The maximum Gasteiger partial charge on any atom is 0.329 e. The third-order valence-electron chi connectivity index (χ3n) is 3.59. The van der Waals surface area contributed by atoms with Crippen LogP contribution in [0.15, 0.2) is 42.5 Å². The zero-order chi connectivity index (χ0) is 17.2. The predicted molar refractivity (Wildman–Crippen MR) is 79.1 cm³/mol. The van der Waals surface area contributed by atoms with Crippen molar-refractivity contribution in [1.29, 1.82) is 0 Å². The van der Waals surface area contributed by atoms with Crippen LogP contribution < -0.4 is 5.73 Å². The van der Waals surface area contributed by atoms with Gasteiger partial charge in [0.05, 0.1) is 0 Å². The second kappa shape index (κ2) is 6.01. The summed E-state index contributed by atoms with van der Waals surface area (Å²) in [7, 11) is 0. The average molecular weight is 320 g/mol. The van der Waals surface area contributed by atoms with Crippen LogP contribution in [0.1, 0.15) is 11.6 Å². The maximum absolute atomic E-state index is 11.7. The van der Waals surface area contributed by atoms with E-state index in [0.29, 0.717) is 10.1 Å². The number of benzene rings is 1. The zero-order valence-electron chi connectivity index (χ0n) is 12.0. The van der Waals surface area contributed by atoms with Crippen molar-refractivity contribution in [3.05, 3.63) is 48.0 Å². The SMILES string of the molecule is N[C@](Cc1ccccc1)(C(=O)O)C(C(=O)O)n1c(O)ccc1O. The zero-order valence-corrected chi connectivity index (χ0v) is 12.0.